The highest BCUT2D eigenvalue weighted by Crippen LogP contribution is 2.42. The van der Waals surface area contributed by atoms with Crippen molar-refractivity contribution >= 4 is 34.1 Å². The number of methoxy groups -OCH3 is 2. The van der Waals surface area contributed by atoms with E-state index in [0.717, 1.165) is 96.2 Å². The fourth-order valence-electron chi connectivity index (χ4n) is 7.82. The van der Waals surface area contributed by atoms with Crippen molar-refractivity contribution in [3.63, 3.8) is 0 Å². The standard InChI is InChI=1S/C44H51ClN4O6/c1-51-31-54-35-17-13-33(14-18-35)41(34-15-19-36(20-16-34)55-32-52-2)42-37-9-3-5-11-39(37)49(22-8-7-21-46-27-29-53-30-28-46)43(42)44(50)48-25-23-47(24-26-48)40-12-6-4-10-38(40)45/h3-6,9-20,41H,7-8,21-32H2,1-2H3. The monoisotopic (exact) mass is 766 g/mol. The van der Waals surface area contributed by atoms with E-state index in [0.29, 0.717) is 37.7 Å². The van der Waals surface area contributed by atoms with Crippen LogP contribution in [0.4, 0.5) is 5.69 Å². The summed E-state index contributed by atoms with van der Waals surface area (Å²) in [6.45, 7) is 8.13. The highest BCUT2D eigenvalue weighted by molar-refractivity contribution is 6.33. The molecule has 0 spiro atoms. The predicted molar refractivity (Wildman–Crippen MR) is 217 cm³/mol. The first-order chi connectivity index (χ1) is 27.1. The van der Waals surface area contributed by atoms with Crippen LogP contribution in [-0.2, 0) is 20.8 Å². The molecule has 55 heavy (non-hydrogen) atoms. The van der Waals surface area contributed by atoms with Gasteiger partial charge < -0.3 is 38.1 Å². The Balaban J connectivity index is 1.30. The van der Waals surface area contributed by atoms with E-state index in [1.54, 1.807) is 14.2 Å². The maximum atomic E-state index is 15.3. The smallest absolute Gasteiger partial charge is 0.270 e. The molecule has 0 radical (unpaired) electrons. The van der Waals surface area contributed by atoms with E-state index in [1.165, 1.54) is 0 Å². The number of aryl methyl sites for hydroxylation is 1. The molecule has 0 N–H and O–H groups in total. The molecule has 5 aromatic rings. The Morgan fingerprint density at radius 3 is 1.91 bits per heavy atom. The second kappa shape index (κ2) is 18.8. The number of hydrogen-bond donors (Lipinski definition) is 0. The summed E-state index contributed by atoms with van der Waals surface area (Å²) in [4.78, 5) is 22.1. The molecule has 4 aromatic carbocycles. The molecular weight excluding hydrogens is 716 g/mol. The lowest BCUT2D eigenvalue weighted by atomic mass is 9.83. The number of rotatable bonds is 16. The summed E-state index contributed by atoms with van der Waals surface area (Å²) >= 11 is 6.61. The van der Waals surface area contributed by atoms with Crippen LogP contribution in [0.15, 0.2) is 97.1 Å². The zero-order valence-electron chi connectivity index (χ0n) is 31.8. The number of morpholine rings is 1. The first kappa shape index (κ1) is 38.7. The molecule has 3 heterocycles. The molecule has 2 fully saturated rings. The van der Waals surface area contributed by atoms with Gasteiger partial charge in [-0.15, -0.1) is 0 Å². The Morgan fingerprint density at radius 2 is 1.29 bits per heavy atom. The van der Waals surface area contributed by atoms with E-state index in [1.807, 2.05) is 47.4 Å². The fraction of sp³-hybridized carbons (Fsp3) is 0.386. The summed E-state index contributed by atoms with van der Waals surface area (Å²) in [7, 11) is 3.22. The predicted octanol–water partition coefficient (Wildman–Crippen LogP) is 7.52. The van der Waals surface area contributed by atoms with Crippen molar-refractivity contribution in [2.75, 3.05) is 91.7 Å². The summed E-state index contributed by atoms with van der Waals surface area (Å²) in [6.07, 6.45) is 1.97. The number of piperazine rings is 1. The molecule has 290 valence electrons. The average Bonchev–Trinajstić information content (AvgIpc) is 3.55. The Hall–Kier alpha value is -4.58. The number of fused-ring (bicyclic) bond motifs is 1. The molecule has 0 atom stereocenters. The number of halogens is 1. The third-order valence-electron chi connectivity index (χ3n) is 10.6. The van der Waals surface area contributed by atoms with Crippen LogP contribution in [0.3, 0.4) is 0 Å². The third kappa shape index (κ3) is 9.11. The van der Waals surface area contributed by atoms with E-state index >= 15 is 4.79 Å². The highest BCUT2D eigenvalue weighted by atomic mass is 35.5. The highest BCUT2D eigenvalue weighted by Gasteiger charge is 2.34. The minimum atomic E-state index is -0.268. The molecule has 0 saturated carbocycles. The lowest BCUT2D eigenvalue weighted by molar-refractivity contribution is 0.0370. The molecule has 0 aliphatic carbocycles. The number of anilines is 1. The maximum Gasteiger partial charge on any atom is 0.270 e. The topological polar surface area (TPSA) is 77.9 Å². The number of unbranched alkanes of at least 4 members (excludes halogenated alkanes) is 1. The molecule has 2 aliphatic rings. The first-order valence-electron chi connectivity index (χ1n) is 19.2. The number of nitrogens with zero attached hydrogens (tertiary/aromatic N) is 4. The molecule has 0 unspecified atom stereocenters. The lowest BCUT2D eigenvalue weighted by Crippen LogP contribution is -2.49. The third-order valence-corrected chi connectivity index (χ3v) is 10.9. The molecule has 2 aliphatic heterocycles. The van der Waals surface area contributed by atoms with Crippen LogP contribution in [0.1, 0.15) is 45.9 Å². The number of para-hydroxylation sites is 2. The number of carbonyl (C=O) groups is 1. The molecular formula is C44H51ClN4O6. The van der Waals surface area contributed by atoms with Gasteiger partial charge in [-0.3, -0.25) is 9.69 Å². The van der Waals surface area contributed by atoms with E-state index in [-0.39, 0.29) is 25.4 Å². The number of ether oxygens (including phenoxy) is 5. The minimum Gasteiger partial charge on any atom is -0.468 e. The van der Waals surface area contributed by atoms with Gasteiger partial charge in [0.05, 0.1) is 23.9 Å². The van der Waals surface area contributed by atoms with Crippen LogP contribution >= 0.6 is 11.6 Å². The SMILES string of the molecule is COCOc1ccc(C(c2ccc(OCOC)cc2)c2c(C(=O)N3CCN(c4ccccc4Cl)CC3)n(CCCCN3CCOCC3)c3ccccc23)cc1. The summed E-state index contributed by atoms with van der Waals surface area (Å²) in [6, 6.07) is 32.7. The average molecular weight is 767 g/mol. The largest absolute Gasteiger partial charge is 0.468 e. The summed E-state index contributed by atoms with van der Waals surface area (Å²) in [5.41, 5.74) is 5.89. The van der Waals surface area contributed by atoms with Crippen LogP contribution in [0.5, 0.6) is 11.5 Å². The maximum absolute atomic E-state index is 15.3. The van der Waals surface area contributed by atoms with E-state index in [2.05, 4.69) is 69.0 Å². The van der Waals surface area contributed by atoms with Gasteiger partial charge in [-0.05, 0) is 73.0 Å². The van der Waals surface area contributed by atoms with Crippen molar-refractivity contribution in [3.8, 4) is 11.5 Å². The van der Waals surface area contributed by atoms with Gasteiger partial charge in [0, 0.05) is 82.4 Å². The van der Waals surface area contributed by atoms with E-state index in [4.69, 9.17) is 35.3 Å². The van der Waals surface area contributed by atoms with Crippen molar-refractivity contribution in [2.24, 2.45) is 0 Å². The van der Waals surface area contributed by atoms with Gasteiger partial charge in [0.2, 0.25) is 0 Å². The van der Waals surface area contributed by atoms with Crippen LogP contribution in [0.2, 0.25) is 5.02 Å². The normalized spacial score (nSPS) is 15.2. The van der Waals surface area contributed by atoms with Gasteiger partial charge in [-0.25, -0.2) is 0 Å². The molecule has 10 nitrogen and oxygen atoms in total. The second-order valence-electron chi connectivity index (χ2n) is 14.0. The Bertz CT molecular complexity index is 1940. The van der Waals surface area contributed by atoms with Crippen LogP contribution in [0.25, 0.3) is 10.9 Å². The van der Waals surface area contributed by atoms with Gasteiger partial charge in [-0.1, -0.05) is 66.2 Å². The van der Waals surface area contributed by atoms with Gasteiger partial charge in [0.15, 0.2) is 13.6 Å². The van der Waals surface area contributed by atoms with E-state index in [9.17, 15) is 0 Å². The quantitative estimate of drug-likeness (QED) is 0.0755. The Labute approximate surface area is 329 Å². The lowest BCUT2D eigenvalue weighted by Gasteiger charge is -2.37. The van der Waals surface area contributed by atoms with Gasteiger partial charge in [0.1, 0.15) is 17.2 Å². The summed E-state index contributed by atoms with van der Waals surface area (Å²) in [5.74, 6) is 1.20. The summed E-state index contributed by atoms with van der Waals surface area (Å²) in [5, 5.41) is 1.79. The number of amides is 1. The summed E-state index contributed by atoms with van der Waals surface area (Å²) < 4.78 is 29.8. The van der Waals surface area contributed by atoms with Gasteiger partial charge >= 0.3 is 0 Å². The van der Waals surface area contributed by atoms with Gasteiger partial charge in [-0.2, -0.15) is 0 Å². The second-order valence-corrected chi connectivity index (χ2v) is 14.4. The molecule has 7 rings (SSSR count). The van der Waals surface area contributed by atoms with Crippen LogP contribution in [0, 0.1) is 0 Å². The zero-order chi connectivity index (χ0) is 38.0. The van der Waals surface area contributed by atoms with Gasteiger partial charge in [0.25, 0.3) is 5.91 Å². The first-order valence-corrected chi connectivity index (χ1v) is 19.6. The van der Waals surface area contributed by atoms with Crippen molar-refractivity contribution in [3.05, 3.63) is 124 Å². The van der Waals surface area contributed by atoms with Crippen molar-refractivity contribution in [1.29, 1.82) is 0 Å². The Morgan fingerprint density at radius 1 is 0.709 bits per heavy atom. The van der Waals surface area contributed by atoms with Crippen molar-refractivity contribution in [1.82, 2.24) is 14.4 Å². The molecule has 0 bridgehead atoms. The van der Waals surface area contributed by atoms with E-state index < -0.39 is 0 Å². The minimum absolute atomic E-state index is 0.0447. The Kier molecular flexibility index (Phi) is 13.3. The van der Waals surface area contributed by atoms with Crippen molar-refractivity contribution < 1.29 is 28.5 Å². The zero-order valence-corrected chi connectivity index (χ0v) is 32.6. The molecule has 11 heteroatoms. The molecule has 1 aromatic heterocycles. The van der Waals surface area contributed by atoms with Crippen molar-refractivity contribution in [2.45, 2.75) is 25.3 Å². The fourth-order valence-corrected chi connectivity index (χ4v) is 8.07. The van der Waals surface area contributed by atoms with Crippen LogP contribution < -0.4 is 14.4 Å². The number of aromatic nitrogens is 1. The number of carbonyl (C=O) groups excluding carboxylic acids is 1. The molecule has 1 amide bonds. The number of hydrogen-bond acceptors (Lipinski definition) is 8. The molecule has 2 saturated heterocycles. The van der Waals surface area contributed by atoms with Crippen LogP contribution in [-0.4, -0.2) is 107 Å². The number of benzene rings is 4.